The molecule has 4 nitrogen and oxygen atoms in total. The molecule has 0 radical (unpaired) electrons. The normalized spacial score (nSPS) is 28.0. The van der Waals surface area contributed by atoms with Crippen molar-refractivity contribution in [2.24, 2.45) is 0 Å². The standard InChI is InChI=1S/C8H10O4/c1-8(7(10)11-2)5-6(9)3-4-12-8/h3-4H,5H2,1-2H3/t8-/m0/s1. The molecule has 0 saturated carbocycles. The van der Waals surface area contributed by atoms with Gasteiger partial charge in [0, 0.05) is 6.08 Å². The van der Waals surface area contributed by atoms with E-state index in [1.165, 1.54) is 26.4 Å². The van der Waals surface area contributed by atoms with E-state index in [0.29, 0.717) is 0 Å². The number of esters is 1. The summed E-state index contributed by atoms with van der Waals surface area (Å²) in [5, 5.41) is 0. The fourth-order valence-electron chi connectivity index (χ4n) is 1.03. The van der Waals surface area contributed by atoms with E-state index < -0.39 is 11.6 Å². The Morgan fingerprint density at radius 3 is 2.92 bits per heavy atom. The third kappa shape index (κ3) is 1.47. The van der Waals surface area contributed by atoms with Gasteiger partial charge in [0.1, 0.15) is 0 Å². The van der Waals surface area contributed by atoms with Gasteiger partial charge in [0.15, 0.2) is 5.78 Å². The second-order valence-corrected chi connectivity index (χ2v) is 2.79. The maximum atomic E-state index is 11.1. The van der Waals surface area contributed by atoms with Crippen LogP contribution in [0.25, 0.3) is 0 Å². The molecule has 1 aliphatic heterocycles. The van der Waals surface area contributed by atoms with E-state index >= 15 is 0 Å². The van der Waals surface area contributed by atoms with Gasteiger partial charge >= 0.3 is 5.97 Å². The second kappa shape index (κ2) is 2.97. The Balaban J connectivity index is 2.79. The number of ether oxygens (including phenoxy) is 2. The summed E-state index contributed by atoms with van der Waals surface area (Å²) in [6, 6.07) is 0. The van der Waals surface area contributed by atoms with Crippen molar-refractivity contribution in [3.05, 3.63) is 12.3 Å². The molecular weight excluding hydrogens is 160 g/mol. The first-order valence-electron chi connectivity index (χ1n) is 3.54. The Kier molecular flexibility index (Phi) is 2.17. The molecule has 1 rings (SSSR count). The van der Waals surface area contributed by atoms with Gasteiger partial charge in [-0.25, -0.2) is 4.79 Å². The van der Waals surface area contributed by atoms with Crippen LogP contribution in [0, 0.1) is 0 Å². The van der Waals surface area contributed by atoms with Crippen molar-refractivity contribution >= 4 is 11.8 Å². The third-order valence-electron chi connectivity index (χ3n) is 1.71. The largest absolute Gasteiger partial charge is 0.483 e. The summed E-state index contributed by atoms with van der Waals surface area (Å²) in [7, 11) is 1.26. The lowest BCUT2D eigenvalue weighted by molar-refractivity contribution is -0.164. The number of carbonyl (C=O) groups excluding carboxylic acids is 2. The molecule has 0 amide bonds. The monoisotopic (exact) mass is 170 g/mol. The van der Waals surface area contributed by atoms with Crippen LogP contribution in [0.4, 0.5) is 0 Å². The number of hydrogen-bond donors (Lipinski definition) is 0. The maximum Gasteiger partial charge on any atom is 0.350 e. The summed E-state index contributed by atoms with van der Waals surface area (Å²) in [6.45, 7) is 1.53. The molecule has 1 aliphatic rings. The van der Waals surface area contributed by atoms with Crippen molar-refractivity contribution in [1.82, 2.24) is 0 Å². The summed E-state index contributed by atoms with van der Waals surface area (Å²) in [5.74, 6) is -0.658. The van der Waals surface area contributed by atoms with E-state index in [0.717, 1.165) is 0 Å². The van der Waals surface area contributed by atoms with Crippen LogP contribution in [0.15, 0.2) is 12.3 Å². The highest BCUT2D eigenvalue weighted by molar-refractivity contribution is 5.96. The summed E-state index contributed by atoms with van der Waals surface area (Å²) in [5.41, 5.74) is -1.14. The highest BCUT2D eigenvalue weighted by atomic mass is 16.6. The van der Waals surface area contributed by atoms with Crippen LogP contribution in [0.3, 0.4) is 0 Å². The van der Waals surface area contributed by atoms with Gasteiger partial charge in [-0.3, -0.25) is 4.79 Å². The summed E-state index contributed by atoms with van der Waals surface area (Å²) < 4.78 is 9.50. The van der Waals surface area contributed by atoms with E-state index in [1.807, 2.05) is 0 Å². The van der Waals surface area contributed by atoms with Crippen molar-refractivity contribution < 1.29 is 19.1 Å². The van der Waals surface area contributed by atoms with Crippen LogP contribution in [0.2, 0.25) is 0 Å². The molecule has 0 aromatic carbocycles. The molecule has 0 aromatic rings. The molecule has 0 bridgehead atoms. The van der Waals surface area contributed by atoms with Gasteiger partial charge in [0.05, 0.1) is 19.8 Å². The van der Waals surface area contributed by atoms with Crippen LogP contribution in [0.1, 0.15) is 13.3 Å². The van der Waals surface area contributed by atoms with E-state index in [4.69, 9.17) is 4.74 Å². The van der Waals surface area contributed by atoms with Gasteiger partial charge in [-0.2, -0.15) is 0 Å². The van der Waals surface area contributed by atoms with E-state index in [-0.39, 0.29) is 12.2 Å². The molecule has 0 fully saturated rings. The molecule has 0 spiro atoms. The maximum absolute atomic E-state index is 11.1. The molecular formula is C8H10O4. The molecule has 0 N–H and O–H groups in total. The number of hydrogen-bond acceptors (Lipinski definition) is 4. The Bertz CT molecular complexity index is 243. The lowest BCUT2D eigenvalue weighted by Crippen LogP contribution is -2.41. The quantitative estimate of drug-likeness (QED) is 0.535. The minimum Gasteiger partial charge on any atom is -0.483 e. The molecule has 1 atom stereocenters. The smallest absolute Gasteiger partial charge is 0.350 e. The Morgan fingerprint density at radius 1 is 1.75 bits per heavy atom. The first-order valence-corrected chi connectivity index (χ1v) is 3.54. The third-order valence-corrected chi connectivity index (χ3v) is 1.71. The number of allylic oxidation sites excluding steroid dienone is 1. The van der Waals surface area contributed by atoms with Crippen LogP contribution >= 0.6 is 0 Å². The van der Waals surface area contributed by atoms with Crippen molar-refractivity contribution in [3.8, 4) is 0 Å². The van der Waals surface area contributed by atoms with Crippen LogP contribution in [-0.4, -0.2) is 24.5 Å². The highest BCUT2D eigenvalue weighted by Gasteiger charge is 2.39. The van der Waals surface area contributed by atoms with Gasteiger partial charge in [0.25, 0.3) is 0 Å². The molecule has 4 heteroatoms. The number of rotatable bonds is 1. The van der Waals surface area contributed by atoms with Crippen molar-refractivity contribution in [3.63, 3.8) is 0 Å². The molecule has 12 heavy (non-hydrogen) atoms. The second-order valence-electron chi connectivity index (χ2n) is 2.79. The van der Waals surface area contributed by atoms with Crippen LogP contribution in [0.5, 0.6) is 0 Å². The SMILES string of the molecule is COC(=O)[C@]1(C)CC(=O)C=CO1. The van der Waals surface area contributed by atoms with Crippen molar-refractivity contribution in [2.75, 3.05) is 7.11 Å². The zero-order chi connectivity index (χ0) is 9.19. The number of ketones is 1. The lowest BCUT2D eigenvalue weighted by atomic mass is 9.98. The van der Waals surface area contributed by atoms with Gasteiger partial charge in [-0.15, -0.1) is 0 Å². The molecule has 0 aromatic heterocycles. The molecule has 0 unspecified atom stereocenters. The summed E-state index contributed by atoms with van der Waals surface area (Å²) in [6.07, 6.45) is 2.56. The minimum absolute atomic E-state index is 0.0379. The zero-order valence-electron chi connectivity index (χ0n) is 6.99. The molecule has 0 saturated heterocycles. The van der Waals surface area contributed by atoms with E-state index in [9.17, 15) is 9.59 Å². The minimum atomic E-state index is -1.14. The summed E-state index contributed by atoms with van der Waals surface area (Å²) >= 11 is 0. The van der Waals surface area contributed by atoms with Crippen molar-refractivity contribution in [2.45, 2.75) is 18.9 Å². The van der Waals surface area contributed by atoms with E-state index in [1.54, 1.807) is 0 Å². The van der Waals surface area contributed by atoms with E-state index in [2.05, 4.69) is 4.74 Å². The fourth-order valence-corrected chi connectivity index (χ4v) is 1.03. The van der Waals surface area contributed by atoms with Gasteiger partial charge in [-0.05, 0) is 6.92 Å². The number of methoxy groups -OCH3 is 1. The Morgan fingerprint density at radius 2 is 2.42 bits per heavy atom. The van der Waals surface area contributed by atoms with Crippen LogP contribution in [-0.2, 0) is 19.1 Å². The molecule has 0 aliphatic carbocycles. The fraction of sp³-hybridized carbons (Fsp3) is 0.500. The Hall–Kier alpha value is -1.32. The van der Waals surface area contributed by atoms with Gasteiger partial charge in [0.2, 0.25) is 5.60 Å². The first-order chi connectivity index (χ1) is 5.58. The topological polar surface area (TPSA) is 52.6 Å². The first kappa shape index (κ1) is 8.77. The zero-order valence-corrected chi connectivity index (χ0v) is 6.99. The van der Waals surface area contributed by atoms with Crippen molar-refractivity contribution in [1.29, 1.82) is 0 Å². The van der Waals surface area contributed by atoms with Crippen LogP contribution < -0.4 is 0 Å². The average molecular weight is 170 g/mol. The van der Waals surface area contributed by atoms with Gasteiger partial charge < -0.3 is 9.47 Å². The molecule has 66 valence electrons. The highest BCUT2D eigenvalue weighted by Crippen LogP contribution is 2.21. The Labute approximate surface area is 70.1 Å². The predicted molar refractivity (Wildman–Crippen MR) is 40.3 cm³/mol. The predicted octanol–water partition coefficient (Wildman–Crippen LogP) is 0.421. The lowest BCUT2D eigenvalue weighted by Gasteiger charge is -2.27. The molecule has 1 heterocycles. The average Bonchev–Trinajstić information content (AvgIpc) is 2.02. The number of carbonyl (C=O) groups is 2. The van der Waals surface area contributed by atoms with Gasteiger partial charge in [-0.1, -0.05) is 0 Å². The summed E-state index contributed by atoms with van der Waals surface area (Å²) in [4.78, 5) is 22.0.